The predicted octanol–water partition coefficient (Wildman–Crippen LogP) is 2.79. The maximum atomic E-state index is 13.4. The Bertz CT molecular complexity index is 411. The number of carbonyl (C=O) groups is 1. The SMILES string of the molecule is CCC(C)C(N)C(=O)Nc1ccc(Cl)cc1F. The van der Waals surface area contributed by atoms with Crippen LogP contribution in [0.15, 0.2) is 18.2 Å². The van der Waals surface area contributed by atoms with Crippen LogP contribution in [-0.4, -0.2) is 11.9 Å². The summed E-state index contributed by atoms with van der Waals surface area (Å²) >= 11 is 5.61. The van der Waals surface area contributed by atoms with Gasteiger partial charge in [0.1, 0.15) is 5.82 Å². The normalized spacial score (nSPS) is 14.2. The van der Waals surface area contributed by atoms with Crippen molar-refractivity contribution in [2.45, 2.75) is 26.3 Å². The van der Waals surface area contributed by atoms with Crippen molar-refractivity contribution in [3.8, 4) is 0 Å². The van der Waals surface area contributed by atoms with Gasteiger partial charge in [-0.3, -0.25) is 4.79 Å². The first-order valence-corrected chi connectivity index (χ1v) is 5.85. The Balaban J connectivity index is 2.74. The van der Waals surface area contributed by atoms with Gasteiger partial charge >= 0.3 is 0 Å². The number of amides is 1. The molecule has 0 aromatic heterocycles. The van der Waals surface area contributed by atoms with Crippen LogP contribution in [0, 0.1) is 11.7 Å². The maximum absolute atomic E-state index is 13.4. The van der Waals surface area contributed by atoms with Gasteiger partial charge in [0, 0.05) is 5.02 Å². The van der Waals surface area contributed by atoms with Crippen LogP contribution in [-0.2, 0) is 4.79 Å². The van der Waals surface area contributed by atoms with Crippen molar-refractivity contribution >= 4 is 23.2 Å². The molecule has 3 nitrogen and oxygen atoms in total. The van der Waals surface area contributed by atoms with Crippen LogP contribution in [0.4, 0.5) is 10.1 Å². The van der Waals surface area contributed by atoms with Crippen LogP contribution < -0.4 is 11.1 Å². The number of carbonyl (C=O) groups excluding carboxylic acids is 1. The van der Waals surface area contributed by atoms with E-state index >= 15 is 0 Å². The van der Waals surface area contributed by atoms with Crippen molar-refractivity contribution in [3.63, 3.8) is 0 Å². The summed E-state index contributed by atoms with van der Waals surface area (Å²) in [5.74, 6) is -0.909. The minimum absolute atomic E-state index is 0.0466. The number of nitrogens with two attached hydrogens (primary N) is 1. The Hall–Kier alpha value is -1.13. The van der Waals surface area contributed by atoms with E-state index in [1.54, 1.807) is 0 Å². The molecule has 1 aromatic rings. The number of hydrogen-bond acceptors (Lipinski definition) is 2. The second kappa shape index (κ2) is 5.98. The third-order valence-electron chi connectivity index (χ3n) is 2.75. The fourth-order valence-electron chi connectivity index (χ4n) is 1.32. The van der Waals surface area contributed by atoms with Gasteiger partial charge in [-0.1, -0.05) is 31.9 Å². The molecule has 17 heavy (non-hydrogen) atoms. The van der Waals surface area contributed by atoms with E-state index in [1.807, 2.05) is 13.8 Å². The lowest BCUT2D eigenvalue weighted by Crippen LogP contribution is -2.40. The topological polar surface area (TPSA) is 55.1 Å². The highest BCUT2D eigenvalue weighted by molar-refractivity contribution is 6.30. The molecule has 1 amide bonds. The standard InChI is InChI=1S/C12H16ClFN2O/c1-3-7(2)11(15)12(17)16-10-5-4-8(13)6-9(10)14/h4-7,11H,3,15H2,1-2H3,(H,16,17). The van der Waals surface area contributed by atoms with Crippen molar-refractivity contribution < 1.29 is 9.18 Å². The zero-order chi connectivity index (χ0) is 13.0. The highest BCUT2D eigenvalue weighted by Crippen LogP contribution is 2.19. The molecule has 1 rings (SSSR count). The van der Waals surface area contributed by atoms with Crippen molar-refractivity contribution in [1.82, 2.24) is 0 Å². The van der Waals surface area contributed by atoms with Gasteiger partial charge in [-0.05, 0) is 24.1 Å². The average molecular weight is 259 g/mol. The summed E-state index contributed by atoms with van der Waals surface area (Å²) < 4.78 is 13.4. The number of anilines is 1. The lowest BCUT2D eigenvalue weighted by Gasteiger charge is -2.17. The first-order valence-electron chi connectivity index (χ1n) is 5.47. The molecule has 0 radical (unpaired) electrons. The summed E-state index contributed by atoms with van der Waals surface area (Å²) in [7, 11) is 0. The summed E-state index contributed by atoms with van der Waals surface area (Å²) in [6.45, 7) is 3.82. The van der Waals surface area contributed by atoms with Gasteiger partial charge in [0.05, 0.1) is 11.7 Å². The van der Waals surface area contributed by atoms with Crippen LogP contribution in [0.1, 0.15) is 20.3 Å². The summed E-state index contributed by atoms with van der Waals surface area (Å²) in [4.78, 5) is 11.7. The zero-order valence-electron chi connectivity index (χ0n) is 9.84. The smallest absolute Gasteiger partial charge is 0.241 e. The van der Waals surface area contributed by atoms with E-state index in [-0.39, 0.29) is 22.5 Å². The van der Waals surface area contributed by atoms with Gasteiger partial charge in [0.2, 0.25) is 5.91 Å². The van der Waals surface area contributed by atoms with Gasteiger partial charge in [0.25, 0.3) is 0 Å². The second-order valence-electron chi connectivity index (χ2n) is 4.02. The third kappa shape index (κ3) is 3.68. The largest absolute Gasteiger partial charge is 0.322 e. The molecule has 0 heterocycles. The minimum atomic E-state index is -0.643. The number of halogens is 2. The summed E-state index contributed by atoms with van der Waals surface area (Å²) in [6, 6.07) is 3.43. The van der Waals surface area contributed by atoms with Crippen molar-refractivity contribution in [1.29, 1.82) is 0 Å². The van der Waals surface area contributed by atoms with Gasteiger partial charge in [-0.2, -0.15) is 0 Å². The lowest BCUT2D eigenvalue weighted by molar-refractivity contribution is -0.118. The molecule has 5 heteroatoms. The Morgan fingerprint density at radius 1 is 1.59 bits per heavy atom. The molecule has 3 N–H and O–H groups in total. The molecule has 2 atom stereocenters. The van der Waals surface area contributed by atoms with Crippen LogP contribution >= 0.6 is 11.6 Å². The van der Waals surface area contributed by atoms with Crippen molar-refractivity contribution in [2.75, 3.05) is 5.32 Å². The highest BCUT2D eigenvalue weighted by Gasteiger charge is 2.20. The van der Waals surface area contributed by atoms with Crippen LogP contribution in [0.2, 0.25) is 5.02 Å². The first-order chi connectivity index (χ1) is 7.95. The number of benzene rings is 1. The number of hydrogen-bond donors (Lipinski definition) is 2. The molecule has 0 spiro atoms. The summed E-state index contributed by atoms with van der Waals surface area (Å²) in [5, 5.41) is 2.74. The van der Waals surface area contributed by atoms with Crippen molar-refractivity contribution in [2.24, 2.45) is 11.7 Å². The molecular formula is C12H16ClFN2O. The molecule has 0 bridgehead atoms. The quantitative estimate of drug-likeness (QED) is 0.873. The zero-order valence-corrected chi connectivity index (χ0v) is 10.6. The van der Waals surface area contributed by atoms with Gasteiger partial charge in [-0.15, -0.1) is 0 Å². The Morgan fingerprint density at radius 2 is 2.24 bits per heavy atom. The molecule has 0 aliphatic carbocycles. The third-order valence-corrected chi connectivity index (χ3v) is 2.98. The molecular weight excluding hydrogens is 243 g/mol. The molecule has 0 aliphatic rings. The predicted molar refractivity (Wildman–Crippen MR) is 67.5 cm³/mol. The Kier molecular flexibility index (Phi) is 4.90. The Labute approximate surface area is 105 Å². The molecule has 0 fully saturated rings. The molecule has 2 unspecified atom stereocenters. The van der Waals surface area contributed by atoms with Crippen LogP contribution in [0.3, 0.4) is 0 Å². The van der Waals surface area contributed by atoms with E-state index in [0.717, 1.165) is 12.5 Å². The van der Waals surface area contributed by atoms with E-state index in [4.69, 9.17) is 17.3 Å². The second-order valence-corrected chi connectivity index (χ2v) is 4.46. The maximum Gasteiger partial charge on any atom is 0.241 e. The van der Waals surface area contributed by atoms with E-state index in [0.29, 0.717) is 0 Å². The number of rotatable bonds is 4. The summed E-state index contributed by atoms with van der Waals surface area (Å²) in [6.07, 6.45) is 0.789. The summed E-state index contributed by atoms with van der Waals surface area (Å²) in [5.41, 5.74) is 5.83. The van der Waals surface area contributed by atoms with Crippen LogP contribution in [0.25, 0.3) is 0 Å². The van der Waals surface area contributed by atoms with E-state index < -0.39 is 11.9 Å². The highest BCUT2D eigenvalue weighted by atomic mass is 35.5. The van der Waals surface area contributed by atoms with E-state index in [9.17, 15) is 9.18 Å². The molecule has 0 saturated carbocycles. The first kappa shape index (κ1) is 13.9. The Morgan fingerprint density at radius 3 is 2.76 bits per heavy atom. The fraction of sp³-hybridized carbons (Fsp3) is 0.417. The lowest BCUT2D eigenvalue weighted by atomic mass is 9.99. The van der Waals surface area contributed by atoms with Gasteiger partial charge in [0.15, 0.2) is 0 Å². The van der Waals surface area contributed by atoms with Crippen molar-refractivity contribution in [3.05, 3.63) is 29.0 Å². The number of nitrogens with one attached hydrogen (secondary N) is 1. The molecule has 94 valence electrons. The van der Waals surface area contributed by atoms with Gasteiger partial charge in [-0.25, -0.2) is 4.39 Å². The van der Waals surface area contributed by atoms with Crippen LogP contribution in [0.5, 0.6) is 0 Å². The molecule has 0 aliphatic heterocycles. The molecule has 1 aromatic carbocycles. The average Bonchev–Trinajstić information content (AvgIpc) is 2.30. The molecule has 0 saturated heterocycles. The minimum Gasteiger partial charge on any atom is -0.322 e. The monoisotopic (exact) mass is 258 g/mol. The van der Waals surface area contributed by atoms with E-state index in [1.165, 1.54) is 12.1 Å². The van der Waals surface area contributed by atoms with E-state index in [2.05, 4.69) is 5.32 Å². The van der Waals surface area contributed by atoms with Gasteiger partial charge < -0.3 is 11.1 Å². The fourth-order valence-corrected chi connectivity index (χ4v) is 1.48.